The molecule has 2 atom stereocenters. The van der Waals surface area contributed by atoms with Gasteiger partial charge in [0.25, 0.3) is 0 Å². The molecule has 4 nitrogen and oxygen atoms in total. The van der Waals surface area contributed by atoms with Gasteiger partial charge in [-0.2, -0.15) is 0 Å². The van der Waals surface area contributed by atoms with Gasteiger partial charge in [0, 0.05) is 6.61 Å². The Labute approximate surface area is 114 Å². The van der Waals surface area contributed by atoms with Crippen molar-refractivity contribution in [1.29, 1.82) is 0 Å². The molecule has 0 spiro atoms. The summed E-state index contributed by atoms with van der Waals surface area (Å²) in [4.78, 5) is 0. The normalized spacial score (nSPS) is 23.3. The molecule has 0 aromatic heterocycles. The van der Waals surface area contributed by atoms with Crippen LogP contribution in [-0.2, 0) is 4.74 Å². The second-order valence-corrected chi connectivity index (χ2v) is 4.99. The van der Waals surface area contributed by atoms with Crippen molar-refractivity contribution in [2.75, 3.05) is 26.4 Å². The fourth-order valence-corrected chi connectivity index (χ4v) is 2.80. The maximum absolute atomic E-state index is 5.83. The molecule has 19 heavy (non-hydrogen) atoms. The molecule has 2 heterocycles. The molecule has 0 saturated carbocycles. The number of benzene rings is 1. The van der Waals surface area contributed by atoms with Gasteiger partial charge in [0.15, 0.2) is 11.5 Å². The summed E-state index contributed by atoms with van der Waals surface area (Å²) in [6, 6.07) is 6.44. The molecule has 2 aliphatic heterocycles. The van der Waals surface area contributed by atoms with Crippen molar-refractivity contribution in [2.24, 2.45) is 0 Å². The second kappa shape index (κ2) is 5.80. The predicted octanol–water partition coefficient (Wildman–Crippen LogP) is 2.29. The van der Waals surface area contributed by atoms with Crippen LogP contribution in [0.2, 0.25) is 0 Å². The third-order valence-corrected chi connectivity index (χ3v) is 3.69. The zero-order valence-corrected chi connectivity index (χ0v) is 11.4. The van der Waals surface area contributed by atoms with Crippen LogP contribution in [0.3, 0.4) is 0 Å². The Morgan fingerprint density at radius 1 is 1.21 bits per heavy atom. The Kier molecular flexibility index (Phi) is 3.89. The van der Waals surface area contributed by atoms with Gasteiger partial charge < -0.3 is 19.5 Å². The molecule has 104 valence electrons. The van der Waals surface area contributed by atoms with Gasteiger partial charge in [-0.3, -0.25) is 0 Å². The standard InChI is InChI=1S/C15H21NO3/c1-2-16-15(13-4-3-7-17-13)11-5-6-12-14(10-11)19-9-8-18-12/h5-6,10,13,15-16H,2-4,7-9H2,1H3. The first-order valence-electron chi connectivity index (χ1n) is 7.13. The second-order valence-electron chi connectivity index (χ2n) is 4.99. The van der Waals surface area contributed by atoms with Crippen molar-refractivity contribution in [1.82, 2.24) is 5.32 Å². The summed E-state index contributed by atoms with van der Waals surface area (Å²) < 4.78 is 17.1. The zero-order chi connectivity index (χ0) is 13.1. The lowest BCUT2D eigenvalue weighted by atomic mass is 9.98. The van der Waals surface area contributed by atoms with Gasteiger partial charge in [0.2, 0.25) is 0 Å². The number of nitrogens with one attached hydrogen (secondary N) is 1. The van der Waals surface area contributed by atoms with E-state index in [0.29, 0.717) is 13.2 Å². The summed E-state index contributed by atoms with van der Waals surface area (Å²) >= 11 is 0. The summed E-state index contributed by atoms with van der Waals surface area (Å²) in [6.07, 6.45) is 2.53. The summed E-state index contributed by atoms with van der Waals surface area (Å²) in [5.41, 5.74) is 1.22. The number of rotatable bonds is 4. The minimum absolute atomic E-state index is 0.239. The Balaban J connectivity index is 1.84. The van der Waals surface area contributed by atoms with Crippen LogP contribution in [0.15, 0.2) is 18.2 Å². The molecule has 1 aromatic rings. The number of hydrogen-bond donors (Lipinski definition) is 1. The molecule has 2 unspecified atom stereocenters. The first-order valence-corrected chi connectivity index (χ1v) is 7.13. The predicted molar refractivity (Wildman–Crippen MR) is 72.8 cm³/mol. The Morgan fingerprint density at radius 2 is 2.05 bits per heavy atom. The van der Waals surface area contributed by atoms with E-state index in [9.17, 15) is 0 Å². The van der Waals surface area contributed by atoms with E-state index < -0.39 is 0 Å². The van der Waals surface area contributed by atoms with E-state index in [-0.39, 0.29) is 12.1 Å². The smallest absolute Gasteiger partial charge is 0.161 e. The van der Waals surface area contributed by atoms with Crippen LogP contribution in [-0.4, -0.2) is 32.5 Å². The van der Waals surface area contributed by atoms with Crippen LogP contribution in [0, 0.1) is 0 Å². The first kappa shape index (κ1) is 12.8. The lowest BCUT2D eigenvalue weighted by molar-refractivity contribution is 0.0785. The minimum Gasteiger partial charge on any atom is -0.486 e. The molecule has 1 aromatic carbocycles. The molecule has 1 saturated heterocycles. The molecule has 1 fully saturated rings. The van der Waals surface area contributed by atoms with Crippen LogP contribution in [0.25, 0.3) is 0 Å². The monoisotopic (exact) mass is 263 g/mol. The quantitative estimate of drug-likeness (QED) is 0.904. The molecule has 0 bridgehead atoms. The van der Waals surface area contributed by atoms with E-state index in [2.05, 4.69) is 24.4 Å². The molecule has 4 heteroatoms. The largest absolute Gasteiger partial charge is 0.486 e. The molecule has 0 amide bonds. The number of likely N-dealkylation sites (N-methyl/N-ethyl adjacent to an activating group) is 1. The Bertz CT molecular complexity index is 429. The highest BCUT2D eigenvalue weighted by Gasteiger charge is 2.27. The van der Waals surface area contributed by atoms with Crippen LogP contribution in [0.4, 0.5) is 0 Å². The van der Waals surface area contributed by atoms with Crippen molar-refractivity contribution in [3.8, 4) is 11.5 Å². The van der Waals surface area contributed by atoms with Crippen molar-refractivity contribution < 1.29 is 14.2 Å². The molecule has 1 N–H and O–H groups in total. The number of fused-ring (bicyclic) bond motifs is 1. The van der Waals surface area contributed by atoms with Gasteiger partial charge in [0.05, 0.1) is 12.1 Å². The van der Waals surface area contributed by atoms with Gasteiger partial charge in [0.1, 0.15) is 13.2 Å². The maximum Gasteiger partial charge on any atom is 0.161 e. The average Bonchev–Trinajstić information content (AvgIpc) is 2.98. The topological polar surface area (TPSA) is 39.7 Å². The lowest BCUT2D eigenvalue weighted by Gasteiger charge is -2.26. The fourth-order valence-electron chi connectivity index (χ4n) is 2.80. The fraction of sp³-hybridized carbons (Fsp3) is 0.600. The van der Waals surface area contributed by atoms with Gasteiger partial charge in [-0.1, -0.05) is 13.0 Å². The first-order chi connectivity index (χ1) is 9.38. The van der Waals surface area contributed by atoms with Gasteiger partial charge in [-0.25, -0.2) is 0 Å². The molecule has 3 rings (SSSR count). The van der Waals surface area contributed by atoms with E-state index >= 15 is 0 Å². The van der Waals surface area contributed by atoms with Gasteiger partial charge in [-0.15, -0.1) is 0 Å². The Morgan fingerprint density at radius 3 is 2.79 bits per heavy atom. The molecular weight excluding hydrogens is 242 g/mol. The lowest BCUT2D eigenvalue weighted by Crippen LogP contribution is -2.31. The van der Waals surface area contributed by atoms with Crippen molar-refractivity contribution in [2.45, 2.75) is 31.9 Å². The number of ether oxygens (including phenoxy) is 3. The van der Waals surface area contributed by atoms with Crippen LogP contribution in [0.5, 0.6) is 11.5 Å². The third kappa shape index (κ3) is 2.69. The minimum atomic E-state index is 0.239. The highest BCUT2D eigenvalue weighted by atomic mass is 16.6. The highest BCUT2D eigenvalue weighted by Crippen LogP contribution is 2.35. The summed E-state index contributed by atoms with van der Waals surface area (Å²) in [5.74, 6) is 1.70. The molecule has 0 radical (unpaired) electrons. The van der Waals surface area contributed by atoms with Crippen molar-refractivity contribution in [3.63, 3.8) is 0 Å². The molecule has 2 aliphatic rings. The van der Waals surface area contributed by atoms with E-state index in [0.717, 1.165) is 37.5 Å². The van der Waals surface area contributed by atoms with E-state index in [1.165, 1.54) is 5.56 Å². The van der Waals surface area contributed by atoms with E-state index in [4.69, 9.17) is 14.2 Å². The van der Waals surface area contributed by atoms with Crippen LogP contribution in [0.1, 0.15) is 31.4 Å². The van der Waals surface area contributed by atoms with Gasteiger partial charge in [-0.05, 0) is 37.1 Å². The zero-order valence-electron chi connectivity index (χ0n) is 11.4. The summed E-state index contributed by atoms with van der Waals surface area (Å²) in [6.45, 7) is 5.19. The van der Waals surface area contributed by atoms with Crippen LogP contribution < -0.4 is 14.8 Å². The number of hydrogen-bond acceptors (Lipinski definition) is 4. The van der Waals surface area contributed by atoms with E-state index in [1.54, 1.807) is 0 Å². The average molecular weight is 263 g/mol. The Hall–Kier alpha value is -1.26. The summed E-state index contributed by atoms with van der Waals surface area (Å²) in [5, 5.41) is 3.53. The van der Waals surface area contributed by atoms with Gasteiger partial charge >= 0.3 is 0 Å². The molecule has 0 aliphatic carbocycles. The van der Waals surface area contributed by atoms with Crippen molar-refractivity contribution >= 4 is 0 Å². The summed E-state index contributed by atoms with van der Waals surface area (Å²) in [7, 11) is 0. The van der Waals surface area contributed by atoms with Crippen LogP contribution >= 0.6 is 0 Å². The maximum atomic E-state index is 5.83. The highest BCUT2D eigenvalue weighted by molar-refractivity contribution is 5.45. The van der Waals surface area contributed by atoms with E-state index in [1.807, 2.05) is 6.07 Å². The SMILES string of the molecule is CCNC(c1ccc2c(c1)OCCO2)C1CCCO1. The van der Waals surface area contributed by atoms with Crippen molar-refractivity contribution in [3.05, 3.63) is 23.8 Å². The third-order valence-electron chi connectivity index (χ3n) is 3.69. The molecular formula is C15H21NO3.